The number of hydrogen-bond acceptors (Lipinski definition) is 3. The van der Waals surface area contributed by atoms with Crippen molar-refractivity contribution in [1.29, 1.82) is 0 Å². The fourth-order valence-electron chi connectivity index (χ4n) is 1.50. The van der Waals surface area contributed by atoms with E-state index in [4.69, 9.17) is 7.85 Å². The molecule has 1 aromatic heterocycles. The van der Waals surface area contributed by atoms with Crippen molar-refractivity contribution in [3.63, 3.8) is 0 Å². The van der Waals surface area contributed by atoms with Crippen molar-refractivity contribution >= 4 is 23.1 Å². The topological polar surface area (TPSA) is 54.4 Å². The lowest BCUT2D eigenvalue weighted by molar-refractivity contribution is -0.138. The van der Waals surface area contributed by atoms with Crippen molar-refractivity contribution < 1.29 is 17.4 Å². The minimum Gasteiger partial charge on any atom is -0.481 e. The van der Waals surface area contributed by atoms with Gasteiger partial charge in [0.2, 0.25) is 5.78 Å². The van der Waals surface area contributed by atoms with Crippen LogP contribution in [0, 0.1) is 0 Å². The van der Waals surface area contributed by atoms with E-state index in [-0.39, 0.29) is 5.78 Å². The van der Waals surface area contributed by atoms with Crippen LogP contribution in [0.3, 0.4) is 0 Å². The Morgan fingerprint density at radius 3 is 2.50 bits per heavy atom. The van der Waals surface area contributed by atoms with Crippen LogP contribution in [0.1, 0.15) is 36.4 Å². The highest BCUT2D eigenvalue weighted by Gasteiger charge is 2.15. The Labute approximate surface area is 112 Å². The van der Waals surface area contributed by atoms with Gasteiger partial charge < -0.3 is 5.11 Å². The quantitative estimate of drug-likeness (QED) is 0.861. The van der Waals surface area contributed by atoms with Crippen LogP contribution in [0.4, 0.5) is 0 Å². The van der Waals surface area contributed by atoms with Crippen LogP contribution in [0.5, 0.6) is 0 Å². The Hall–Kier alpha value is -1.94. The standard InChI is InChI=1S/C14H12O3S/c1-9(14(16)17)10-4-6-11(7-5-10)13(15)12-3-2-8-18-12/h2-9H,1H3,(H,16,17)/i8D,9D. The van der Waals surface area contributed by atoms with Crippen LogP contribution in [0.25, 0.3) is 0 Å². The highest BCUT2D eigenvalue weighted by Crippen LogP contribution is 2.19. The number of benzene rings is 1. The molecule has 0 saturated carbocycles. The number of carboxylic acid groups (broad SMARTS) is 1. The van der Waals surface area contributed by atoms with Crippen molar-refractivity contribution in [2.45, 2.75) is 12.8 Å². The number of aliphatic carboxylic acids is 1. The monoisotopic (exact) mass is 262 g/mol. The van der Waals surface area contributed by atoms with Gasteiger partial charge in [0.15, 0.2) is 0 Å². The third kappa shape index (κ3) is 2.49. The first kappa shape index (κ1) is 10.0. The van der Waals surface area contributed by atoms with E-state index >= 15 is 0 Å². The number of ketones is 1. The Morgan fingerprint density at radius 1 is 1.33 bits per heavy atom. The second-order valence-electron chi connectivity index (χ2n) is 3.75. The van der Waals surface area contributed by atoms with Gasteiger partial charge in [-0.2, -0.15) is 0 Å². The average Bonchev–Trinajstić information content (AvgIpc) is 2.84. The second-order valence-corrected chi connectivity index (χ2v) is 4.63. The summed E-state index contributed by atoms with van der Waals surface area (Å²) in [5, 5.41) is 9.29. The summed E-state index contributed by atoms with van der Waals surface area (Å²) >= 11 is 1.09. The van der Waals surface area contributed by atoms with Crippen molar-refractivity contribution in [1.82, 2.24) is 0 Å². The number of carbonyl (C=O) groups excluding carboxylic acids is 1. The highest BCUT2D eigenvalue weighted by molar-refractivity contribution is 7.12. The van der Waals surface area contributed by atoms with E-state index in [0.29, 0.717) is 21.4 Å². The molecule has 4 heteroatoms. The van der Waals surface area contributed by atoms with Crippen LogP contribution < -0.4 is 0 Å². The largest absolute Gasteiger partial charge is 0.481 e. The van der Waals surface area contributed by atoms with Crippen LogP contribution in [0.2, 0.25) is 0 Å². The lowest BCUT2D eigenvalue weighted by Gasteiger charge is -2.06. The molecule has 0 amide bonds. The average molecular weight is 262 g/mol. The van der Waals surface area contributed by atoms with Gasteiger partial charge in [0.05, 0.1) is 12.1 Å². The first-order valence-electron chi connectivity index (χ1n) is 6.27. The van der Waals surface area contributed by atoms with E-state index in [2.05, 4.69) is 0 Å². The molecule has 0 spiro atoms. The smallest absolute Gasteiger partial charge is 0.310 e. The van der Waals surface area contributed by atoms with E-state index in [0.717, 1.165) is 11.3 Å². The SMILES string of the molecule is [2H]c1ccc(C(=O)c2ccc(C([2H])(C)C(=O)O)cc2)s1. The molecule has 2 rings (SSSR count). The molecule has 0 aliphatic carbocycles. The molecule has 92 valence electrons. The minimum atomic E-state index is -1.74. The second kappa shape index (κ2) is 5.14. The molecule has 0 radical (unpaired) electrons. The maximum Gasteiger partial charge on any atom is 0.310 e. The van der Waals surface area contributed by atoms with Gasteiger partial charge in [-0.25, -0.2) is 0 Å². The number of rotatable bonds is 4. The van der Waals surface area contributed by atoms with Gasteiger partial charge in [-0.05, 0) is 23.9 Å². The molecule has 0 bridgehead atoms. The molecular weight excluding hydrogens is 248 g/mol. The van der Waals surface area contributed by atoms with Gasteiger partial charge in [-0.1, -0.05) is 30.3 Å². The van der Waals surface area contributed by atoms with Gasteiger partial charge in [-0.15, -0.1) is 11.3 Å². The van der Waals surface area contributed by atoms with Gasteiger partial charge in [0, 0.05) is 6.93 Å². The molecule has 18 heavy (non-hydrogen) atoms. The molecule has 2 aromatic rings. The van der Waals surface area contributed by atoms with Gasteiger partial charge in [0.25, 0.3) is 0 Å². The number of carbonyl (C=O) groups is 2. The Bertz CT molecular complexity index is 659. The summed E-state index contributed by atoms with van der Waals surface area (Å²) < 4.78 is 15.2. The fraction of sp³-hybridized carbons (Fsp3) is 0.143. The summed E-state index contributed by atoms with van der Waals surface area (Å²) in [6.45, 7) is 1.29. The molecule has 3 nitrogen and oxygen atoms in total. The van der Waals surface area contributed by atoms with E-state index < -0.39 is 11.9 Å². The third-order valence-corrected chi connectivity index (χ3v) is 3.39. The summed E-state index contributed by atoms with van der Waals surface area (Å²) in [6.07, 6.45) is 0. The Morgan fingerprint density at radius 2 is 2.00 bits per heavy atom. The molecule has 1 N–H and O–H groups in total. The van der Waals surface area contributed by atoms with Crippen molar-refractivity contribution in [3.8, 4) is 0 Å². The molecule has 0 fully saturated rings. The maximum absolute atomic E-state index is 12.1. The van der Waals surface area contributed by atoms with Crippen LogP contribution in [0.15, 0.2) is 41.8 Å². The molecule has 0 aliphatic heterocycles. The van der Waals surface area contributed by atoms with Crippen molar-refractivity contribution in [2.75, 3.05) is 0 Å². The van der Waals surface area contributed by atoms with Crippen LogP contribution in [-0.4, -0.2) is 16.9 Å². The number of carboxylic acids is 1. The predicted octanol–water partition coefficient (Wildman–Crippen LogP) is 3.17. The lowest BCUT2D eigenvalue weighted by Crippen LogP contribution is -2.07. The Kier molecular flexibility index (Phi) is 2.86. The number of thiophene rings is 1. The van der Waals surface area contributed by atoms with E-state index in [1.807, 2.05) is 0 Å². The van der Waals surface area contributed by atoms with E-state index in [9.17, 15) is 9.59 Å². The normalized spacial score (nSPS) is 15.4. The van der Waals surface area contributed by atoms with E-state index in [1.54, 1.807) is 12.1 Å². The fourth-order valence-corrected chi connectivity index (χ4v) is 2.11. The molecule has 1 unspecified atom stereocenters. The van der Waals surface area contributed by atoms with Gasteiger partial charge in [0.1, 0.15) is 0 Å². The van der Waals surface area contributed by atoms with Crippen LogP contribution in [-0.2, 0) is 4.79 Å². The summed E-state index contributed by atoms with van der Waals surface area (Å²) in [4.78, 5) is 23.6. The summed E-state index contributed by atoms with van der Waals surface area (Å²) in [7, 11) is 0. The summed E-state index contributed by atoms with van der Waals surface area (Å²) in [5.74, 6) is -3.19. The van der Waals surface area contributed by atoms with Crippen molar-refractivity contribution in [2.24, 2.45) is 0 Å². The Balaban J connectivity index is 2.29. The number of hydrogen-bond donors (Lipinski definition) is 1. The van der Waals surface area contributed by atoms with Crippen LogP contribution >= 0.6 is 11.3 Å². The third-order valence-electron chi connectivity index (χ3n) is 2.60. The van der Waals surface area contributed by atoms with E-state index in [1.165, 1.54) is 31.2 Å². The highest BCUT2D eigenvalue weighted by atomic mass is 32.1. The summed E-state index contributed by atoms with van der Waals surface area (Å²) in [5.41, 5.74) is 0.727. The molecule has 1 heterocycles. The zero-order valence-electron chi connectivity index (χ0n) is 11.6. The maximum atomic E-state index is 12.1. The molecule has 0 aliphatic rings. The molecule has 1 aromatic carbocycles. The molecule has 0 saturated heterocycles. The zero-order chi connectivity index (χ0) is 14.9. The summed E-state index contributed by atoms with van der Waals surface area (Å²) in [6, 6.07) is 9.12. The van der Waals surface area contributed by atoms with Gasteiger partial charge in [-0.3, -0.25) is 9.59 Å². The van der Waals surface area contributed by atoms with Crippen molar-refractivity contribution in [3.05, 3.63) is 57.8 Å². The van der Waals surface area contributed by atoms with Gasteiger partial charge >= 0.3 is 5.97 Å². The zero-order valence-corrected chi connectivity index (χ0v) is 10.5. The first-order chi connectivity index (χ1) is 9.32. The lowest BCUT2D eigenvalue weighted by atomic mass is 9.99. The first-order valence-corrected chi connectivity index (χ1v) is 6.09. The molecular formula is C14H12O3S. The minimum absolute atomic E-state index is 0.206. The predicted molar refractivity (Wildman–Crippen MR) is 70.2 cm³/mol. The molecule has 1 atom stereocenters.